The maximum atomic E-state index is 4.65. The van der Waals surface area contributed by atoms with Crippen LogP contribution < -0.4 is 0 Å². The molecule has 0 aliphatic rings. The molecule has 1 aromatic heterocycles. The van der Waals surface area contributed by atoms with Gasteiger partial charge in [-0.1, -0.05) is 22.9 Å². The van der Waals surface area contributed by atoms with Crippen LogP contribution in [0.5, 0.6) is 0 Å². The van der Waals surface area contributed by atoms with Gasteiger partial charge < -0.3 is 4.52 Å². The molecule has 0 bridgehead atoms. The van der Waals surface area contributed by atoms with Crippen molar-refractivity contribution in [2.24, 2.45) is 0 Å². The molecule has 1 aromatic carbocycles. The average molecular weight is 206 g/mol. The summed E-state index contributed by atoms with van der Waals surface area (Å²) in [6, 6.07) is 8.36. The highest BCUT2D eigenvalue weighted by Crippen LogP contribution is 2.21. The van der Waals surface area contributed by atoms with Crippen LogP contribution in [0.2, 0.25) is 0 Å². The Morgan fingerprint density at radius 2 is 2.36 bits per heavy atom. The molecule has 3 nitrogen and oxygen atoms in total. The fourth-order valence-corrected chi connectivity index (χ4v) is 1.98. The molecule has 72 valence electrons. The molecule has 14 heavy (non-hydrogen) atoms. The summed E-state index contributed by atoms with van der Waals surface area (Å²) in [5.74, 6) is 1.48. The predicted octanol–water partition coefficient (Wildman–Crippen LogP) is 2.67. The summed E-state index contributed by atoms with van der Waals surface area (Å²) < 4.78 is 4.65. The molecular weight excluding hydrogens is 196 g/mol. The number of thioether (sulfide) groups is 1. The molecule has 0 aliphatic heterocycles. The normalized spacial score (nSPS) is 10.4. The Morgan fingerprint density at radius 3 is 3.07 bits per heavy atom. The number of nitrogens with zero attached hydrogens (tertiary/aromatic N) is 2. The van der Waals surface area contributed by atoms with Gasteiger partial charge in [0.25, 0.3) is 0 Å². The monoisotopic (exact) mass is 206 g/mol. The first-order valence-corrected chi connectivity index (χ1v) is 5.28. The Hall–Kier alpha value is -1.29. The van der Waals surface area contributed by atoms with Crippen molar-refractivity contribution in [3.05, 3.63) is 42.0 Å². The molecule has 2 aromatic rings. The maximum absolute atomic E-state index is 4.65. The van der Waals surface area contributed by atoms with Crippen molar-refractivity contribution in [1.29, 1.82) is 0 Å². The van der Waals surface area contributed by atoms with Gasteiger partial charge in [0.1, 0.15) is 0 Å². The minimum absolute atomic E-state index is 0.733. The van der Waals surface area contributed by atoms with E-state index in [9.17, 15) is 0 Å². The van der Waals surface area contributed by atoms with Gasteiger partial charge in [-0.2, -0.15) is 4.98 Å². The van der Waals surface area contributed by atoms with Crippen LogP contribution in [0.4, 0.5) is 0 Å². The van der Waals surface area contributed by atoms with E-state index >= 15 is 0 Å². The summed E-state index contributed by atoms with van der Waals surface area (Å²) in [5.41, 5.74) is 1.27. The summed E-state index contributed by atoms with van der Waals surface area (Å²) in [7, 11) is 0. The van der Waals surface area contributed by atoms with Gasteiger partial charge in [0.15, 0.2) is 5.82 Å². The van der Waals surface area contributed by atoms with Crippen molar-refractivity contribution < 1.29 is 4.52 Å². The lowest BCUT2D eigenvalue weighted by molar-refractivity contribution is 0.412. The first-order valence-electron chi connectivity index (χ1n) is 4.29. The van der Waals surface area contributed by atoms with Gasteiger partial charge in [-0.15, -0.1) is 11.8 Å². The van der Waals surface area contributed by atoms with Gasteiger partial charge in [-0.25, -0.2) is 0 Å². The van der Waals surface area contributed by atoms with Crippen molar-refractivity contribution in [2.75, 3.05) is 0 Å². The first kappa shape index (κ1) is 9.27. The van der Waals surface area contributed by atoms with Crippen LogP contribution in [0.15, 0.2) is 40.1 Å². The van der Waals surface area contributed by atoms with E-state index in [2.05, 4.69) is 39.8 Å². The molecule has 0 aliphatic carbocycles. The van der Waals surface area contributed by atoms with E-state index in [0.717, 1.165) is 11.6 Å². The molecule has 1 heterocycles. The van der Waals surface area contributed by atoms with Gasteiger partial charge in [0.05, 0.1) is 5.75 Å². The fourth-order valence-electron chi connectivity index (χ4n) is 1.11. The zero-order valence-electron chi connectivity index (χ0n) is 7.80. The largest absolute Gasteiger partial charge is 0.343 e. The van der Waals surface area contributed by atoms with Crippen LogP contribution in [0.25, 0.3) is 0 Å². The van der Waals surface area contributed by atoms with Crippen molar-refractivity contribution in [1.82, 2.24) is 10.1 Å². The van der Waals surface area contributed by atoms with E-state index in [1.165, 1.54) is 16.9 Å². The lowest BCUT2D eigenvalue weighted by Gasteiger charge is -1.99. The van der Waals surface area contributed by atoms with Crippen LogP contribution in [-0.2, 0) is 5.75 Å². The number of aryl methyl sites for hydroxylation is 1. The Bertz CT molecular complexity index is 400. The second kappa shape index (κ2) is 4.28. The number of hydrogen-bond donors (Lipinski definition) is 0. The number of benzene rings is 1. The van der Waals surface area contributed by atoms with Crippen LogP contribution in [0, 0.1) is 6.92 Å². The molecule has 0 unspecified atom stereocenters. The second-order valence-electron chi connectivity index (χ2n) is 2.95. The average Bonchev–Trinajstić information content (AvgIpc) is 2.67. The molecule has 4 heteroatoms. The number of hydrogen-bond acceptors (Lipinski definition) is 4. The van der Waals surface area contributed by atoms with Crippen LogP contribution in [0.3, 0.4) is 0 Å². The highest BCUT2D eigenvalue weighted by atomic mass is 32.2. The molecule has 0 amide bonds. The summed E-state index contributed by atoms with van der Waals surface area (Å²) in [6.45, 7) is 2.08. The topological polar surface area (TPSA) is 38.9 Å². The zero-order chi connectivity index (χ0) is 9.80. The van der Waals surface area contributed by atoms with Crippen LogP contribution >= 0.6 is 11.8 Å². The quantitative estimate of drug-likeness (QED) is 0.724. The first-order chi connectivity index (χ1) is 6.84. The molecule has 2 rings (SSSR count). The third kappa shape index (κ3) is 2.35. The SMILES string of the molecule is Cc1cccc(SCc2ncon2)c1. The standard InChI is InChI=1S/C10H10N2OS/c1-8-3-2-4-9(5-8)14-6-10-11-7-13-12-10/h2-5,7H,6H2,1H3. The second-order valence-corrected chi connectivity index (χ2v) is 4.00. The van der Waals surface area contributed by atoms with Crippen LogP contribution in [0.1, 0.15) is 11.4 Å². The van der Waals surface area contributed by atoms with Gasteiger partial charge in [-0.05, 0) is 19.1 Å². The van der Waals surface area contributed by atoms with Gasteiger partial charge in [0, 0.05) is 4.90 Å². The predicted molar refractivity (Wildman–Crippen MR) is 55.0 cm³/mol. The molecule has 0 radical (unpaired) electrons. The summed E-state index contributed by atoms with van der Waals surface area (Å²) in [5, 5.41) is 3.75. The Balaban J connectivity index is 1.98. The van der Waals surface area contributed by atoms with E-state index < -0.39 is 0 Å². The van der Waals surface area contributed by atoms with Crippen molar-refractivity contribution in [3.8, 4) is 0 Å². The summed E-state index contributed by atoms with van der Waals surface area (Å²) in [6.07, 6.45) is 1.35. The maximum Gasteiger partial charge on any atom is 0.213 e. The molecule has 0 fully saturated rings. The third-order valence-electron chi connectivity index (χ3n) is 1.76. The third-order valence-corrected chi connectivity index (χ3v) is 2.75. The summed E-state index contributed by atoms with van der Waals surface area (Å²) in [4.78, 5) is 5.19. The molecule has 0 saturated heterocycles. The fraction of sp³-hybridized carbons (Fsp3) is 0.200. The van der Waals surface area contributed by atoms with E-state index in [1.54, 1.807) is 11.8 Å². The lowest BCUT2D eigenvalue weighted by Crippen LogP contribution is -1.83. The minimum atomic E-state index is 0.733. The van der Waals surface area contributed by atoms with Crippen molar-refractivity contribution >= 4 is 11.8 Å². The molecular formula is C10H10N2OS. The number of rotatable bonds is 3. The van der Waals surface area contributed by atoms with Crippen molar-refractivity contribution in [2.45, 2.75) is 17.6 Å². The van der Waals surface area contributed by atoms with Crippen LogP contribution in [-0.4, -0.2) is 10.1 Å². The Morgan fingerprint density at radius 1 is 1.43 bits per heavy atom. The van der Waals surface area contributed by atoms with E-state index in [4.69, 9.17) is 0 Å². The Kier molecular flexibility index (Phi) is 2.84. The van der Waals surface area contributed by atoms with Gasteiger partial charge in [-0.3, -0.25) is 0 Å². The molecule has 0 N–H and O–H groups in total. The molecule has 0 atom stereocenters. The smallest absolute Gasteiger partial charge is 0.213 e. The van der Waals surface area contributed by atoms with Gasteiger partial charge >= 0.3 is 0 Å². The van der Waals surface area contributed by atoms with E-state index in [1.807, 2.05) is 6.07 Å². The zero-order valence-corrected chi connectivity index (χ0v) is 8.62. The number of aromatic nitrogens is 2. The van der Waals surface area contributed by atoms with E-state index in [0.29, 0.717) is 0 Å². The Labute approximate surface area is 86.5 Å². The summed E-state index contributed by atoms with van der Waals surface area (Å²) >= 11 is 1.71. The lowest BCUT2D eigenvalue weighted by atomic mass is 10.2. The van der Waals surface area contributed by atoms with Gasteiger partial charge in [0.2, 0.25) is 6.39 Å². The highest BCUT2D eigenvalue weighted by molar-refractivity contribution is 7.98. The van der Waals surface area contributed by atoms with E-state index in [-0.39, 0.29) is 0 Å². The van der Waals surface area contributed by atoms with Crippen molar-refractivity contribution in [3.63, 3.8) is 0 Å². The molecule has 0 spiro atoms. The highest BCUT2D eigenvalue weighted by Gasteiger charge is 1.99. The minimum Gasteiger partial charge on any atom is -0.343 e. The molecule has 0 saturated carbocycles.